The topological polar surface area (TPSA) is 86.7 Å². The van der Waals surface area contributed by atoms with Crippen LogP contribution in [-0.4, -0.2) is 53.1 Å². The summed E-state index contributed by atoms with van der Waals surface area (Å²) in [6.07, 6.45) is -4.87. The van der Waals surface area contributed by atoms with E-state index >= 15 is 0 Å². The first-order valence-corrected chi connectivity index (χ1v) is 6.39. The number of alkyl halides is 3. The SMILES string of the molecule is CC(C)[C@@H](NC(=O)C1CC(=O)N(CC(F)(F)F)C1)C(=O)O. The molecule has 0 aromatic rings. The molecular weight excluding hydrogens is 293 g/mol. The van der Waals surface area contributed by atoms with Gasteiger partial charge in [-0.25, -0.2) is 4.79 Å². The van der Waals surface area contributed by atoms with E-state index in [9.17, 15) is 27.6 Å². The Morgan fingerprint density at radius 1 is 1.43 bits per heavy atom. The lowest BCUT2D eigenvalue weighted by Gasteiger charge is -2.21. The average molecular weight is 310 g/mol. The Kier molecular flexibility index (Phi) is 5.19. The maximum Gasteiger partial charge on any atom is 0.406 e. The van der Waals surface area contributed by atoms with Crippen LogP contribution in [-0.2, 0) is 14.4 Å². The van der Waals surface area contributed by atoms with Gasteiger partial charge in [0.05, 0.1) is 5.92 Å². The predicted octanol–water partition coefficient (Wildman–Crippen LogP) is 0.623. The highest BCUT2D eigenvalue weighted by Crippen LogP contribution is 2.24. The summed E-state index contributed by atoms with van der Waals surface area (Å²) in [4.78, 5) is 34.9. The van der Waals surface area contributed by atoms with Gasteiger partial charge in [-0.1, -0.05) is 13.8 Å². The van der Waals surface area contributed by atoms with Crippen LogP contribution in [0.25, 0.3) is 0 Å². The van der Waals surface area contributed by atoms with Gasteiger partial charge >= 0.3 is 12.1 Å². The van der Waals surface area contributed by atoms with Crippen molar-refractivity contribution >= 4 is 17.8 Å². The smallest absolute Gasteiger partial charge is 0.406 e. The first kappa shape index (κ1) is 17.3. The molecule has 1 aliphatic heterocycles. The predicted molar refractivity (Wildman–Crippen MR) is 65.1 cm³/mol. The van der Waals surface area contributed by atoms with Crippen LogP contribution in [0.2, 0.25) is 0 Å². The summed E-state index contributed by atoms with van der Waals surface area (Å²) in [5, 5.41) is 11.2. The first-order chi connectivity index (χ1) is 9.51. The second-order valence-corrected chi connectivity index (χ2v) is 5.36. The van der Waals surface area contributed by atoms with Crippen LogP contribution in [0.4, 0.5) is 13.2 Å². The van der Waals surface area contributed by atoms with Gasteiger partial charge in [-0.05, 0) is 5.92 Å². The first-order valence-electron chi connectivity index (χ1n) is 6.39. The molecule has 2 atom stereocenters. The van der Waals surface area contributed by atoms with E-state index in [1.165, 1.54) is 0 Å². The zero-order valence-corrected chi connectivity index (χ0v) is 11.6. The fourth-order valence-electron chi connectivity index (χ4n) is 2.10. The Morgan fingerprint density at radius 3 is 2.43 bits per heavy atom. The number of amides is 2. The Morgan fingerprint density at radius 2 is 2.00 bits per heavy atom. The minimum absolute atomic E-state index is 0.341. The van der Waals surface area contributed by atoms with Crippen LogP contribution in [0.15, 0.2) is 0 Å². The second kappa shape index (κ2) is 6.31. The standard InChI is InChI=1S/C12H17F3N2O4/c1-6(2)9(11(20)21)16-10(19)7-3-8(18)17(4-7)5-12(13,14)15/h6-7,9H,3-5H2,1-2H3,(H,16,19)(H,20,21)/t7?,9-/m1/s1. The number of carboxylic acids is 1. The molecule has 6 nitrogen and oxygen atoms in total. The zero-order valence-electron chi connectivity index (χ0n) is 11.6. The third-order valence-corrected chi connectivity index (χ3v) is 3.19. The summed E-state index contributed by atoms with van der Waals surface area (Å²) in [6.45, 7) is 1.43. The highest BCUT2D eigenvalue weighted by molar-refractivity contribution is 5.91. The van der Waals surface area contributed by atoms with E-state index in [-0.39, 0.29) is 18.9 Å². The molecule has 21 heavy (non-hydrogen) atoms. The van der Waals surface area contributed by atoms with Gasteiger partial charge in [0.15, 0.2) is 0 Å². The van der Waals surface area contributed by atoms with Crippen LogP contribution < -0.4 is 5.32 Å². The van der Waals surface area contributed by atoms with Crippen LogP contribution >= 0.6 is 0 Å². The van der Waals surface area contributed by atoms with E-state index in [4.69, 9.17) is 5.11 Å². The highest BCUT2D eigenvalue weighted by atomic mass is 19.4. The quantitative estimate of drug-likeness (QED) is 0.779. The van der Waals surface area contributed by atoms with Gasteiger partial charge in [0.25, 0.3) is 0 Å². The van der Waals surface area contributed by atoms with Gasteiger partial charge < -0.3 is 15.3 Å². The number of rotatable bonds is 5. The van der Waals surface area contributed by atoms with Gasteiger partial charge in [-0.3, -0.25) is 9.59 Å². The molecule has 1 heterocycles. The van der Waals surface area contributed by atoms with Crippen LogP contribution in [0, 0.1) is 11.8 Å². The van der Waals surface area contributed by atoms with E-state index in [2.05, 4.69) is 5.32 Å². The molecule has 0 bridgehead atoms. The van der Waals surface area contributed by atoms with Gasteiger partial charge in [0.2, 0.25) is 11.8 Å². The lowest BCUT2D eigenvalue weighted by atomic mass is 10.0. The van der Waals surface area contributed by atoms with E-state index in [0.29, 0.717) is 4.90 Å². The molecule has 1 rings (SSSR count). The van der Waals surface area contributed by atoms with Gasteiger partial charge in [-0.15, -0.1) is 0 Å². The van der Waals surface area contributed by atoms with E-state index in [1.807, 2.05) is 0 Å². The fraction of sp³-hybridized carbons (Fsp3) is 0.750. The van der Waals surface area contributed by atoms with Crippen molar-refractivity contribution in [3.63, 3.8) is 0 Å². The normalized spacial score (nSPS) is 20.8. The van der Waals surface area contributed by atoms with Crippen molar-refractivity contribution in [2.75, 3.05) is 13.1 Å². The van der Waals surface area contributed by atoms with Crippen molar-refractivity contribution in [2.24, 2.45) is 11.8 Å². The molecule has 2 N–H and O–H groups in total. The highest BCUT2D eigenvalue weighted by Gasteiger charge is 2.41. The molecule has 0 aliphatic carbocycles. The minimum atomic E-state index is -4.53. The molecule has 2 amide bonds. The third-order valence-electron chi connectivity index (χ3n) is 3.19. The van der Waals surface area contributed by atoms with Crippen LogP contribution in [0.5, 0.6) is 0 Å². The number of nitrogens with zero attached hydrogens (tertiary/aromatic N) is 1. The Balaban J connectivity index is 2.65. The summed E-state index contributed by atoms with van der Waals surface area (Å²) in [5.41, 5.74) is 0. The third kappa shape index (κ3) is 4.91. The van der Waals surface area contributed by atoms with E-state index < -0.39 is 42.5 Å². The molecule has 0 spiro atoms. The summed E-state index contributed by atoms with van der Waals surface area (Å²) < 4.78 is 36.8. The molecule has 0 aromatic heterocycles. The number of hydrogen-bond donors (Lipinski definition) is 2. The summed E-state index contributed by atoms with van der Waals surface area (Å²) >= 11 is 0. The Bertz CT molecular complexity index is 437. The van der Waals surface area contributed by atoms with Crippen molar-refractivity contribution in [1.29, 1.82) is 0 Å². The molecule has 1 unspecified atom stereocenters. The molecule has 9 heteroatoms. The van der Waals surface area contributed by atoms with E-state index in [1.54, 1.807) is 13.8 Å². The Hall–Kier alpha value is -1.80. The number of nitrogens with one attached hydrogen (secondary N) is 1. The summed E-state index contributed by atoms with van der Waals surface area (Å²) in [6, 6.07) is -1.13. The lowest BCUT2D eigenvalue weighted by Crippen LogP contribution is -2.47. The summed E-state index contributed by atoms with van der Waals surface area (Å²) in [5.74, 6) is -4.04. The molecule has 1 fully saturated rings. The molecule has 0 aromatic carbocycles. The van der Waals surface area contributed by atoms with Gasteiger partial charge in [0, 0.05) is 13.0 Å². The number of halogens is 3. The molecule has 0 saturated carbocycles. The van der Waals surface area contributed by atoms with Crippen molar-refractivity contribution in [2.45, 2.75) is 32.5 Å². The molecular formula is C12H17F3N2O4. The van der Waals surface area contributed by atoms with Crippen LogP contribution in [0.1, 0.15) is 20.3 Å². The van der Waals surface area contributed by atoms with E-state index in [0.717, 1.165) is 0 Å². The number of likely N-dealkylation sites (tertiary alicyclic amines) is 1. The number of hydrogen-bond acceptors (Lipinski definition) is 3. The maximum atomic E-state index is 12.3. The zero-order chi connectivity index (χ0) is 16.4. The maximum absolute atomic E-state index is 12.3. The molecule has 1 aliphatic rings. The van der Waals surface area contributed by atoms with Gasteiger partial charge in [-0.2, -0.15) is 13.2 Å². The lowest BCUT2D eigenvalue weighted by molar-refractivity contribution is -0.157. The fourth-order valence-corrected chi connectivity index (χ4v) is 2.10. The average Bonchev–Trinajstić information content (AvgIpc) is 2.64. The number of carbonyl (C=O) groups excluding carboxylic acids is 2. The van der Waals surface area contributed by atoms with Crippen LogP contribution in [0.3, 0.4) is 0 Å². The molecule has 1 saturated heterocycles. The summed E-state index contributed by atoms with van der Waals surface area (Å²) in [7, 11) is 0. The molecule has 0 radical (unpaired) electrons. The largest absolute Gasteiger partial charge is 0.480 e. The number of carboxylic acid groups (broad SMARTS) is 1. The van der Waals surface area contributed by atoms with Crippen molar-refractivity contribution < 1.29 is 32.7 Å². The number of carbonyl (C=O) groups is 3. The second-order valence-electron chi connectivity index (χ2n) is 5.36. The monoisotopic (exact) mass is 310 g/mol. The van der Waals surface area contributed by atoms with Gasteiger partial charge in [0.1, 0.15) is 12.6 Å². The Labute approximate surface area is 119 Å². The minimum Gasteiger partial charge on any atom is -0.480 e. The van der Waals surface area contributed by atoms with Crippen molar-refractivity contribution in [3.8, 4) is 0 Å². The molecule has 120 valence electrons. The van der Waals surface area contributed by atoms with Crippen molar-refractivity contribution in [1.82, 2.24) is 10.2 Å². The van der Waals surface area contributed by atoms with Crippen molar-refractivity contribution in [3.05, 3.63) is 0 Å². The number of aliphatic carboxylic acids is 1.